The third kappa shape index (κ3) is 4.87. The van der Waals surface area contributed by atoms with Crippen molar-refractivity contribution in [2.24, 2.45) is 11.3 Å². The predicted octanol–water partition coefficient (Wildman–Crippen LogP) is 7.18. The van der Waals surface area contributed by atoms with E-state index in [0.29, 0.717) is 35.2 Å². The molecule has 2 fully saturated rings. The Balaban J connectivity index is 1.92. The molecule has 2 aliphatic rings. The zero-order valence-electron chi connectivity index (χ0n) is 19.4. The van der Waals surface area contributed by atoms with E-state index < -0.39 is 11.5 Å². The van der Waals surface area contributed by atoms with E-state index in [9.17, 15) is 9.90 Å². The second kappa shape index (κ2) is 9.82. The Hall–Kier alpha value is -1.81. The first kappa shape index (κ1) is 24.3. The number of piperidine rings is 1. The summed E-state index contributed by atoms with van der Waals surface area (Å²) in [6, 6.07) is 15.3. The third-order valence-electron chi connectivity index (χ3n) is 7.42. The highest BCUT2D eigenvalue weighted by molar-refractivity contribution is 6.30. The normalized spacial score (nSPS) is 27.3. The molecule has 0 aromatic heterocycles. The largest absolute Gasteiger partial charge is 0.391 e. The number of rotatable bonds is 8. The smallest absolute Gasteiger partial charge is 0.229 e. The lowest BCUT2D eigenvalue weighted by molar-refractivity contribution is -0.159. The molecule has 176 valence electrons. The van der Waals surface area contributed by atoms with Crippen molar-refractivity contribution in [3.8, 4) is 0 Å². The van der Waals surface area contributed by atoms with E-state index in [2.05, 4.69) is 12.6 Å². The molecule has 1 saturated heterocycles. The number of allylic oxidation sites excluding steroid dienone is 1. The summed E-state index contributed by atoms with van der Waals surface area (Å²) in [5, 5.41) is 12.5. The van der Waals surface area contributed by atoms with Crippen molar-refractivity contribution in [2.75, 3.05) is 0 Å². The van der Waals surface area contributed by atoms with Crippen LogP contribution in [0.1, 0.15) is 69.0 Å². The van der Waals surface area contributed by atoms with E-state index in [4.69, 9.17) is 23.2 Å². The fourth-order valence-corrected chi connectivity index (χ4v) is 5.95. The fraction of sp³-hybridized carbons (Fsp3) is 0.464. The van der Waals surface area contributed by atoms with Gasteiger partial charge in [-0.3, -0.25) is 4.79 Å². The van der Waals surface area contributed by atoms with Gasteiger partial charge in [-0.15, -0.1) is 6.58 Å². The van der Waals surface area contributed by atoms with Gasteiger partial charge in [0.15, 0.2) is 0 Å². The van der Waals surface area contributed by atoms with Gasteiger partial charge in [-0.05, 0) is 73.4 Å². The molecule has 1 aliphatic carbocycles. The zero-order chi connectivity index (χ0) is 23.8. The maximum absolute atomic E-state index is 14.2. The second-order valence-corrected chi connectivity index (χ2v) is 10.8. The topological polar surface area (TPSA) is 40.5 Å². The molecule has 1 saturated carbocycles. The Morgan fingerprint density at radius 2 is 1.85 bits per heavy atom. The van der Waals surface area contributed by atoms with Crippen molar-refractivity contribution >= 4 is 29.1 Å². The van der Waals surface area contributed by atoms with Crippen LogP contribution in [0, 0.1) is 11.3 Å². The van der Waals surface area contributed by atoms with Gasteiger partial charge >= 0.3 is 0 Å². The van der Waals surface area contributed by atoms with Crippen LogP contribution in [-0.2, 0) is 4.79 Å². The molecule has 1 heterocycles. The number of halogens is 2. The number of benzene rings is 2. The Morgan fingerprint density at radius 3 is 2.42 bits per heavy atom. The van der Waals surface area contributed by atoms with E-state index >= 15 is 0 Å². The van der Waals surface area contributed by atoms with Crippen molar-refractivity contribution in [3.63, 3.8) is 0 Å². The summed E-state index contributed by atoms with van der Waals surface area (Å²) >= 11 is 12.6. The van der Waals surface area contributed by atoms with Gasteiger partial charge in [0, 0.05) is 16.0 Å². The summed E-state index contributed by atoms with van der Waals surface area (Å²) in [5.74, 6) is 0.452. The number of aliphatic hydroxyl groups is 1. The molecule has 0 bridgehead atoms. The Labute approximate surface area is 207 Å². The summed E-state index contributed by atoms with van der Waals surface area (Å²) in [7, 11) is 0. The molecule has 1 amide bonds. The summed E-state index contributed by atoms with van der Waals surface area (Å²) in [6.07, 6.45) is 5.24. The molecular formula is C28H33Cl2NO2. The predicted molar refractivity (Wildman–Crippen MR) is 136 cm³/mol. The van der Waals surface area contributed by atoms with Gasteiger partial charge in [0.25, 0.3) is 0 Å². The molecule has 5 atom stereocenters. The molecule has 2 aromatic carbocycles. The van der Waals surface area contributed by atoms with E-state index in [1.54, 1.807) is 0 Å². The Kier molecular flexibility index (Phi) is 7.23. The summed E-state index contributed by atoms with van der Waals surface area (Å²) in [6.45, 7) is 7.98. The molecular weight excluding hydrogens is 453 g/mol. The van der Waals surface area contributed by atoms with Crippen LogP contribution in [0.15, 0.2) is 61.2 Å². The minimum Gasteiger partial charge on any atom is -0.391 e. The molecule has 2 aromatic rings. The highest BCUT2D eigenvalue weighted by atomic mass is 35.5. The average Bonchev–Trinajstić information content (AvgIpc) is 3.63. The minimum absolute atomic E-state index is 0.0258. The molecule has 0 unspecified atom stereocenters. The first-order valence-corrected chi connectivity index (χ1v) is 12.7. The molecule has 3 nitrogen and oxygen atoms in total. The van der Waals surface area contributed by atoms with Crippen LogP contribution in [0.2, 0.25) is 10.0 Å². The lowest BCUT2D eigenvalue weighted by atomic mass is 9.66. The number of carbonyl (C=O) groups is 1. The minimum atomic E-state index is -0.599. The van der Waals surface area contributed by atoms with Gasteiger partial charge in [0.2, 0.25) is 5.91 Å². The van der Waals surface area contributed by atoms with Crippen LogP contribution in [0.25, 0.3) is 0 Å². The van der Waals surface area contributed by atoms with Gasteiger partial charge in [-0.25, -0.2) is 0 Å². The third-order valence-corrected chi connectivity index (χ3v) is 7.91. The van der Waals surface area contributed by atoms with Gasteiger partial charge < -0.3 is 10.0 Å². The molecule has 0 radical (unpaired) electrons. The second-order valence-electron chi connectivity index (χ2n) is 9.93. The van der Waals surface area contributed by atoms with Crippen LogP contribution in [0.3, 0.4) is 0 Å². The first-order chi connectivity index (χ1) is 15.8. The highest BCUT2D eigenvalue weighted by Gasteiger charge is 2.54. The van der Waals surface area contributed by atoms with E-state index in [1.165, 1.54) is 0 Å². The monoisotopic (exact) mass is 485 g/mol. The van der Waals surface area contributed by atoms with Gasteiger partial charge in [0.05, 0.1) is 23.6 Å². The summed E-state index contributed by atoms with van der Waals surface area (Å²) in [5.41, 5.74) is 1.54. The number of nitrogens with zero attached hydrogens (tertiary/aromatic N) is 1. The van der Waals surface area contributed by atoms with Crippen molar-refractivity contribution in [2.45, 2.75) is 70.1 Å². The maximum atomic E-state index is 14.2. The molecule has 0 spiro atoms. The van der Waals surface area contributed by atoms with Crippen LogP contribution in [0.4, 0.5) is 0 Å². The SMILES string of the molecule is C=CC[C@@]1(C)C[C@H](c2cccc(Cl)c2)[C@@H](c2ccc(Cl)cc2)N([C@@H](C2CC2)[C@H](O)CC)C1=O. The maximum Gasteiger partial charge on any atom is 0.229 e. The number of hydrogen-bond donors (Lipinski definition) is 1. The zero-order valence-corrected chi connectivity index (χ0v) is 20.9. The van der Waals surface area contributed by atoms with E-state index in [0.717, 1.165) is 24.0 Å². The number of hydrogen-bond acceptors (Lipinski definition) is 2. The highest BCUT2D eigenvalue weighted by Crippen LogP contribution is 2.54. The quantitative estimate of drug-likeness (QED) is 0.402. The molecule has 33 heavy (non-hydrogen) atoms. The van der Waals surface area contributed by atoms with E-state index in [-0.39, 0.29) is 23.9 Å². The molecule has 1 N–H and O–H groups in total. The van der Waals surface area contributed by atoms with Crippen molar-refractivity contribution in [1.82, 2.24) is 4.90 Å². The average molecular weight is 486 g/mol. The molecule has 5 heteroatoms. The van der Waals surface area contributed by atoms with Crippen LogP contribution in [-0.4, -0.2) is 28.1 Å². The van der Waals surface area contributed by atoms with E-state index in [1.807, 2.05) is 67.3 Å². The van der Waals surface area contributed by atoms with Gasteiger partial charge in [-0.2, -0.15) is 0 Å². The lowest BCUT2D eigenvalue weighted by Crippen LogP contribution is -2.59. The number of likely N-dealkylation sites (tertiary alicyclic amines) is 1. The first-order valence-electron chi connectivity index (χ1n) is 11.9. The van der Waals surface area contributed by atoms with Crippen molar-refractivity contribution < 1.29 is 9.90 Å². The standard InChI is InChI=1S/C28H33Cl2NO2/c1-4-15-28(3)17-23(20-7-6-8-22(30)16-20)25(18-11-13-21(29)14-12-18)31(27(28)33)26(19-9-10-19)24(32)5-2/h4,6-8,11-14,16,19,23-26,32H,1,5,9-10,15,17H2,2-3H3/t23-,24-,25-,26+,28+/m1/s1. The number of aliphatic hydroxyl groups excluding tert-OH is 1. The Bertz CT molecular complexity index is 1000. The van der Waals surface area contributed by atoms with Crippen molar-refractivity contribution in [3.05, 3.63) is 82.4 Å². The number of carbonyl (C=O) groups excluding carboxylic acids is 1. The summed E-state index contributed by atoms with van der Waals surface area (Å²) in [4.78, 5) is 16.3. The van der Waals surface area contributed by atoms with Gasteiger partial charge in [0.1, 0.15) is 0 Å². The van der Waals surface area contributed by atoms with Crippen LogP contribution < -0.4 is 0 Å². The number of amides is 1. The molecule has 4 rings (SSSR count). The van der Waals surface area contributed by atoms with Crippen molar-refractivity contribution in [1.29, 1.82) is 0 Å². The van der Waals surface area contributed by atoms with Crippen LogP contribution >= 0.6 is 23.2 Å². The lowest BCUT2D eigenvalue weighted by Gasteiger charge is -2.53. The fourth-order valence-electron chi connectivity index (χ4n) is 5.62. The Morgan fingerprint density at radius 1 is 1.15 bits per heavy atom. The van der Waals surface area contributed by atoms with Crippen LogP contribution in [0.5, 0.6) is 0 Å². The molecule has 1 aliphatic heterocycles. The van der Waals surface area contributed by atoms with Gasteiger partial charge in [-0.1, -0.05) is 67.4 Å². The summed E-state index contributed by atoms with van der Waals surface area (Å²) < 4.78 is 0.